The maximum atomic E-state index is 12.5. The second kappa shape index (κ2) is 6.73. The van der Waals surface area contributed by atoms with E-state index in [1.54, 1.807) is 17.8 Å². The van der Waals surface area contributed by atoms with Crippen molar-refractivity contribution in [2.75, 3.05) is 13.6 Å². The van der Waals surface area contributed by atoms with Gasteiger partial charge in [-0.2, -0.15) is 14.7 Å². The van der Waals surface area contributed by atoms with Crippen LogP contribution in [0.3, 0.4) is 0 Å². The van der Waals surface area contributed by atoms with Crippen molar-refractivity contribution in [3.8, 4) is 6.07 Å². The average Bonchev–Trinajstić information content (AvgIpc) is 2.87. The van der Waals surface area contributed by atoms with Gasteiger partial charge in [0, 0.05) is 26.2 Å². The first-order chi connectivity index (χ1) is 10.4. The Morgan fingerprint density at radius 3 is 2.64 bits per heavy atom. The first-order valence-electron chi connectivity index (χ1n) is 6.86. The van der Waals surface area contributed by atoms with E-state index in [1.165, 1.54) is 11.4 Å². The van der Waals surface area contributed by atoms with Crippen LogP contribution in [0.5, 0.6) is 0 Å². The largest absolute Gasteiger partial charge is 0.267 e. The van der Waals surface area contributed by atoms with Crippen LogP contribution >= 0.6 is 0 Å². The molecule has 6 nitrogen and oxygen atoms in total. The fourth-order valence-corrected chi connectivity index (χ4v) is 3.44. The molecule has 7 heteroatoms. The van der Waals surface area contributed by atoms with Crippen LogP contribution < -0.4 is 0 Å². The average molecular weight is 318 g/mol. The Bertz CT molecular complexity index is 776. The lowest BCUT2D eigenvalue weighted by Crippen LogP contribution is -2.28. The summed E-state index contributed by atoms with van der Waals surface area (Å²) >= 11 is 0. The van der Waals surface area contributed by atoms with Gasteiger partial charge in [-0.25, -0.2) is 8.42 Å². The predicted octanol–water partition coefficient (Wildman–Crippen LogP) is 1.77. The summed E-state index contributed by atoms with van der Waals surface area (Å²) in [5.74, 6) is 0. The topological polar surface area (TPSA) is 79.0 Å². The minimum Gasteiger partial charge on any atom is -0.267 e. The van der Waals surface area contributed by atoms with Crippen molar-refractivity contribution in [2.24, 2.45) is 0 Å². The molecule has 0 atom stereocenters. The second-order valence-corrected chi connectivity index (χ2v) is 7.01. The minimum atomic E-state index is -3.61. The summed E-state index contributed by atoms with van der Waals surface area (Å²) in [5, 5.41) is 12.9. The number of nitrogens with zero attached hydrogens (tertiary/aromatic N) is 4. The first-order valence-corrected chi connectivity index (χ1v) is 8.30. The zero-order valence-electron chi connectivity index (χ0n) is 12.6. The minimum absolute atomic E-state index is 0.160. The SMILES string of the molecule is Cc1nn(Cc2ccccc2)cc1S(=O)(=O)N(C)CCC#N. The predicted molar refractivity (Wildman–Crippen MR) is 82.6 cm³/mol. The molecule has 22 heavy (non-hydrogen) atoms. The van der Waals surface area contributed by atoms with Crippen LogP contribution in [0.1, 0.15) is 17.7 Å². The zero-order valence-corrected chi connectivity index (χ0v) is 13.4. The van der Waals surface area contributed by atoms with Gasteiger partial charge in [-0.3, -0.25) is 4.68 Å². The van der Waals surface area contributed by atoms with Crippen LogP contribution in [0, 0.1) is 18.3 Å². The fourth-order valence-electron chi connectivity index (χ4n) is 2.10. The highest BCUT2D eigenvalue weighted by molar-refractivity contribution is 7.89. The molecular weight excluding hydrogens is 300 g/mol. The van der Waals surface area contributed by atoms with E-state index in [-0.39, 0.29) is 17.9 Å². The summed E-state index contributed by atoms with van der Waals surface area (Å²) < 4.78 is 27.8. The van der Waals surface area contributed by atoms with Crippen LogP contribution in [0.4, 0.5) is 0 Å². The van der Waals surface area contributed by atoms with Crippen molar-refractivity contribution >= 4 is 10.0 Å². The van der Waals surface area contributed by atoms with E-state index in [1.807, 2.05) is 36.4 Å². The third kappa shape index (κ3) is 3.53. The Kier molecular flexibility index (Phi) is 4.96. The molecule has 0 fully saturated rings. The molecule has 0 aliphatic carbocycles. The molecule has 1 aromatic carbocycles. The molecule has 0 N–H and O–H groups in total. The van der Waals surface area contributed by atoms with Crippen LogP contribution in [0.2, 0.25) is 0 Å². The maximum Gasteiger partial charge on any atom is 0.246 e. The van der Waals surface area contributed by atoms with Crippen molar-refractivity contribution in [3.63, 3.8) is 0 Å². The third-order valence-corrected chi connectivity index (χ3v) is 5.28. The number of aryl methyl sites for hydroxylation is 1. The van der Waals surface area contributed by atoms with Gasteiger partial charge < -0.3 is 0 Å². The Hall–Kier alpha value is -2.17. The molecule has 0 saturated carbocycles. The van der Waals surface area contributed by atoms with Gasteiger partial charge in [-0.15, -0.1) is 0 Å². The number of aromatic nitrogens is 2. The third-order valence-electron chi connectivity index (χ3n) is 3.32. The zero-order chi connectivity index (χ0) is 16.2. The molecule has 0 spiro atoms. The molecular formula is C15H18N4O2S. The summed E-state index contributed by atoms with van der Waals surface area (Å²) in [6.07, 6.45) is 1.70. The number of hydrogen-bond acceptors (Lipinski definition) is 4. The van der Waals surface area contributed by atoms with E-state index in [0.29, 0.717) is 12.2 Å². The highest BCUT2D eigenvalue weighted by Gasteiger charge is 2.25. The molecule has 0 aliphatic rings. The summed E-state index contributed by atoms with van der Waals surface area (Å²) in [6.45, 7) is 2.35. The van der Waals surface area contributed by atoms with Gasteiger partial charge in [0.2, 0.25) is 10.0 Å². The van der Waals surface area contributed by atoms with Crippen LogP contribution in [0.25, 0.3) is 0 Å². The molecule has 2 rings (SSSR count). The van der Waals surface area contributed by atoms with Gasteiger partial charge >= 0.3 is 0 Å². The molecule has 0 aliphatic heterocycles. The van der Waals surface area contributed by atoms with Crippen LogP contribution in [-0.4, -0.2) is 36.1 Å². The van der Waals surface area contributed by atoms with E-state index >= 15 is 0 Å². The van der Waals surface area contributed by atoms with Crippen molar-refractivity contribution in [1.82, 2.24) is 14.1 Å². The Morgan fingerprint density at radius 1 is 1.32 bits per heavy atom. The van der Waals surface area contributed by atoms with Gasteiger partial charge in [0.1, 0.15) is 4.90 Å². The van der Waals surface area contributed by atoms with Crippen molar-refractivity contribution in [3.05, 3.63) is 47.8 Å². The molecule has 1 heterocycles. The number of nitriles is 1. The van der Waals surface area contributed by atoms with Gasteiger partial charge in [-0.1, -0.05) is 30.3 Å². The summed E-state index contributed by atoms with van der Waals surface area (Å²) in [7, 11) is -2.14. The normalized spacial score (nSPS) is 11.5. The van der Waals surface area contributed by atoms with Crippen LogP contribution in [0.15, 0.2) is 41.4 Å². The second-order valence-electron chi connectivity index (χ2n) is 5.00. The first kappa shape index (κ1) is 16.2. The van der Waals surface area contributed by atoms with E-state index in [2.05, 4.69) is 5.10 Å². The lowest BCUT2D eigenvalue weighted by Gasteiger charge is -2.14. The van der Waals surface area contributed by atoms with E-state index in [4.69, 9.17) is 5.26 Å². The standard InChI is InChI=1S/C15H18N4O2S/c1-13-15(22(20,21)18(2)10-6-9-16)12-19(17-13)11-14-7-4-3-5-8-14/h3-5,7-8,12H,6,10-11H2,1-2H3. The Balaban J connectivity index is 2.24. The molecule has 0 amide bonds. The lowest BCUT2D eigenvalue weighted by atomic mass is 10.2. The maximum absolute atomic E-state index is 12.5. The van der Waals surface area contributed by atoms with E-state index < -0.39 is 10.0 Å². The summed E-state index contributed by atoms with van der Waals surface area (Å²) in [5.41, 5.74) is 1.51. The molecule has 1 aromatic heterocycles. The number of sulfonamides is 1. The highest BCUT2D eigenvalue weighted by Crippen LogP contribution is 2.18. The number of benzene rings is 1. The molecule has 116 valence electrons. The van der Waals surface area contributed by atoms with E-state index in [9.17, 15) is 8.42 Å². The Morgan fingerprint density at radius 2 is 2.00 bits per heavy atom. The monoisotopic (exact) mass is 318 g/mol. The Labute approximate surface area is 130 Å². The van der Waals surface area contributed by atoms with Crippen molar-refractivity contribution in [2.45, 2.75) is 24.8 Å². The number of hydrogen-bond donors (Lipinski definition) is 0. The smallest absolute Gasteiger partial charge is 0.246 e. The van der Waals surface area contributed by atoms with E-state index in [0.717, 1.165) is 5.56 Å². The lowest BCUT2D eigenvalue weighted by molar-refractivity contribution is 0.476. The highest BCUT2D eigenvalue weighted by atomic mass is 32.2. The number of rotatable bonds is 6. The van der Waals surface area contributed by atoms with Gasteiger partial charge in [0.15, 0.2) is 0 Å². The fraction of sp³-hybridized carbons (Fsp3) is 0.333. The summed E-state index contributed by atoms with van der Waals surface area (Å²) in [4.78, 5) is 0.184. The molecule has 0 bridgehead atoms. The molecule has 2 aromatic rings. The molecule has 0 radical (unpaired) electrons. The molecule has 0 saturated heterocycles. The van der Waals surface area contributed by atoms with Crippen molar-refractivity contribution in [1.29, 1.82) is 5.26 Å². The van der Waals surface area contributed by atoms with Crippen LogP contribution in [-0.2, 0) is 16.6 Å². The van der Waals surface area contributed by atoms with Crippen molar-refractivity contribution < 1.29 is 8.42 Å². The van der Waals surface area contributed by atoms with Gasteiger partial charge in [0.25, 0.3) is 0 Å². The van der Waals surface area contributed by atoms with Gasteiger partial charge in [0.05, 0.1) is 18.3 Å². The summed E-state index contributed by atoms with van der Waals surface area (Å²) in [6, 6.07) is 11.7. The quantitative estimate of drug-likeness (QED) is 0.813. The molecule has 0 unspecified atom stereocenters. The van der Waals surface area contributed by atoms with Gasteiger partial charge in [-0.05, 0) is 12.5 Å².